The summed E-state index contributed by atoms with van der Waals surface area (Å²) in [5, 5.41) is 11.4. The molecule has 0 unspecified atom stereocenters. The lowest BCUT2D eigenvalue weighted by atomic mass is 10.2. The minimum absolute atomic E-state index is 0.484. The van der Waals surface area contributed by atoms with Crippen LogP contribution in [-0.4, -0.2) is 22.2 Å². The Labute approximate surface area is 149 Å². The van der Waals surface area contributed by atoms with Crippen LogP contribution in [0.5, 0.6) is 0 Å². The summed E-state index contributed by atoms with van der Waals surface area (Å²) in [4.78, 5) is 6.60. The molecule has 3 rings (SSSR count). The molecular weight excluding hydrogens is 366 g/mol. The highest BCUT2D eigenvalue weighted by Crippen LogP contribution is 2.23. The molecule has 0 radical (unpaired) electrons. The number of nitrogens with one attached hydrogen (secondary N) is 1. The maximum absolute atomic E-state index is 4.56. The summed E-state index contributed by atoms with van der Waals surface area (Å²) < 4.78 is 1.04. The van der Waals surface area contributed by atoms with Crippen LogP contribution in [0, 0.1) is 6.92 Å². The summed E-state index contributed by atoms with van der Waals surface area (Å²) >= 11 is 3.47. The molecule has 0 aliphatic heterocycles. The van der Waals surface area contributed by atoms with Crippen molar-refractivity contribution in [3.63, 3.8) is 0 Å². The molecule has 1 N–H and O–H groups in total. The van der Waals surface area contributed by atoms with E-state index in [9.17, 15) is 0 Å². The molecule has 0 spiro atoms. The van der Waals surface area contributed by atoms with E-state index < -0.39 is 0 Å². The van der Waals surface area contributed by atoms with Crippen molar-refractivity contribution in [3.8, 4) is 0 Å². The van der Waals surface area contributed by atoms with Crippen LogP contribution in [-0.2, 0) is 6.54 Å². The molecule has 1 heterocycles. The van der Waals surface area contributed by atoms with Gasteiger partial charge in [0.1, 0.15) is 0 Å². The highest BCUT2D eigenvalue weighted by Gasteiger charge is 2.08. The third kappa shape index (κ3) is 4.08. The van der Waals surface area contributed by atoms with Crippen LogP contribution in [0.3, 0.4) is 0 Å². The predicted octanol–water partition coefficient (Wildman–Crippen LogP) is 4.32. The summed E-state index contributed by atoms with van der Waals surface area (Å²) in [5.41, 5.74) is 3.29. The molecule has 0 aliphatic carbocycles. The number of aromatic nitrogens is 3. The van der Waals surface area contributed by atoms with E-state index in [0.29, 0.717) is 5.95 Å². The van der Waals surface area contributed by atoms with Crippen LogP contribution in [0.15, 0.2) is 59.2 Å². The highest BCUT2D eigenvalue weighted by atomic mass is 79.9. The SMILES string of the molecule is Cc1cc(Br)ccc1Nc1nncc(N(C)Cc2ccccc2)n1. The Bertz CT molecular complexity index is 823. The van der Waals surface area contributed by atoms with E-state index in [-0.39, 0.29) is 0 Å². The van der Waals surface area contributed by atoms with E-state index in [1.54, 1.807) is 6.20 Å². The van der Waals surface area contributed by atoms with Crippen LogP contribution in [0.25, 0.3) is 0 Å². The highest BCUT2D eigenvalue weighted by molar-refractivity contribution is 9.10. The van der Waals surface area contributed by atoms with Gasteiger partial charge in [-0.3, -0.25) is 0 Å². The van der Waals surface area contributed by atoms with Crippen molar-refractivity contribution in [3.05, 3.63) is 70.3 Å². The molecule has 0 saturated carbocycles. The lowest BCUT2D eigenvalue weighted by molar-refractivity contribution is 0.866. The number of anilines is 3. The fourth-order valence-corrected chi connectivity index (χ4v) is 2.83. The fourth-order valence-electron chi connectivity index (χ4n) is 2.36. The summed E-state index contributed by atoms with van der Waals surface area (Å²) in [5.74, 6) is 1.25. The van der Waals surface area contributed by atoms with Gasteiger partial charge in [-0.05, 0) is 36.2 Å². The second kappa shape index (κ2) is 7.40. The maximum Gasteiger partial charge on any atom is 0.249 e. The van der Waals surface area contributed by atoms with Crippen molar-refractivity contribution in [2.45, 2.75) is 13.5 Å². The Morgan fingerprint density at radius 1 is 1.12 bits per heavy atom. The lowest BCUT2D eigenvalue weighted by Gasteiger charge is -2.18. The Morgan fingerprint density at radius 3 is 2.67 bits per heavy atom. The largest absolute Gasteiger partial charge is 0.354 e. The third-order valence-corrected chi connectivity index (χ3v) is 4.13. The van der Waals surface area contributed by atoms with Gasteiger partial charge >= 0.3 is 0 Å². The number of benzene rings is 2. The van der Waals surface area contributed by atoms with Gasteiger partial charge in [-0.1, -0.05) is 46.3 Å². The van der Waals surface area contributed by atoms with Gasteiger partial charge in [0, 0.05) is 23.8 Å². The second-order valence-electron chi connectivity index (χ2n) is 5.56. The van der Waals surface area contributed by atoms with Gasteiger partial charge in [0.25, 0.3) is 0 Å². The number of aryl methyl sites for hydroxylation is 1. The van der Waals surface area contributed by atoms with Crippen LogP contribution in [0.1, 0.15) is 11.1 Å². The topological polar surface area (TPSA) is 53.9 Å². The molecule has 0 amide bonds. The molecule has 2 aromatic carbocycles. The van der Waals surface area contributed by atoms with E-state index >= 15 is 0 Å². The van der Waals surface area contributed by atoms with Gasteiger partial charge in [-0.2, -0.15) is 10.1 Å². The number of rotatable bonds is 5. The first-order valence-electron chi connectivity index (χ1n) is 7.60. The van der Waals surface area contributed by atoms with Gasteiger partial charge in [0.05, 0.1) is 6.20 Å². The minimum Gasteiger partial charge on any atom is -0.354 e. The van der Waals surface area contributed by atoms with E-state index in [2.05, 4.69) is 48.6 Å². The minimum atomic E-state index is 0.484. The molecular formula is C18H18BrN5. The number of nitrogens with zero attached hydrogens (tertiary/aromatic N) is 4. The first-order valence-corrected chi connectivity index (χ1v) is 8.39. The molecule has 0 bridgehead atoms. The Kier molecular flexibility index (Phi) is 5.05. The maximum atomic E-state index is 4.56. The van der Waals surface area contributed by atoms with Gasteiger partial charge in [-0.15, -0.1) is 5.10 Å². The molecule has 0 saturated heterocycles. The van der Waals surface area contributed by atoms with Crippen LogP contribution >= 0.6 is 15.9 Å². The standard InChI is InChI=1S/C18H18BrN5/c1-13-10-15(19)8-9-16(13)21-18-22-17(11-20-23-18)24(2)12-14-6-4-3-5-7-14/h3-11H,12H2,1-2H3,(H,21,22,23). The molecule has 1 aromatic heterocycles. The molecule has 6 heteroatoms. The van der Waals surface area contributed by atoms with E-state index in [0.717, 1.165) is 28.1 Å². The first kappa shape index (κ1) is 16.4. The molecule has 0 aliphatic rings. The van der Waals surface area contributed by atoms with Crippen molar-refractivity contribution in [1.82, 2.24) is 15.2 Å². The zero-order valence-electron chi connectivity index (χ0n) is 13.6. The summed E-state index contributed by atoms with van der Waals surface area (Å²) in [7, 11) is 1.99. The Morgan fingerprint density at radius 2 is 1.92 bits per heavy atom. The average Bonchev–Trinajstić information content (AvgIpc) is 2.59. The van der Waals surface area contributed by atoms with Gasteiger partial charge < -0.3 is 10.2 Å². The van der Waals surface area contributed by atoms with E-state index in [1.807, 2.05) is 55.3 Å². The van der Waals surface area contributed by atoms with Crippen molar-refractivity contribution in [2.75, 3.05) is 17.3 Å². The Balaban J connectivity index is 1.76. The molecule has 0 atom stereocenters. The summed E-state index contributed by atoms with van der Waals surface area (Å²) in [6.45, 7) is 2.79. The first-order chi connectivity index (χ1) is 11.6. The van der Waals surface area contributed by atoms with Gasteiger partial charge in [0.2, 0.25) is 5.95 Å². The zero-order valence-corrected chi connectivity index (χ0v) is 15.2. The van der Waals surface area contributed by atoms with E-state index in [1.165, 1.54) is 5.56 Å². The van der Waals surface area contributed by atoms with E-state index in [4.69, 9.17) is 0 Å². The molecule has 0 fully saturated rings. The quantitative estimate of drug-likeness (QED) is 0.710. The van der Waals surface area contributed by atoms with Gasteiger partial charge in [-0.25, -0.2) is 0 Å². The van der Waals surface area contributed by atoms with Gasteiger partial charge in [0.15, 0.2) is 5.82 Å². The molecule has 24 heavy (non-hydrogen) atoms. The summed E-state index contributed by atoms with van der Waals surface area (Å²) in [6, 6.07) is 16.3. The zero-order chi connectivity index (χ0) is 16.9. The third-order valence-electron chi connectivity index (χ3n) is 3.63. The smallest absolute Gasteiger partial charge is 0.249 e. The number of hydrogen-bond donors (Lipinski definition) is 1. The average molecular weight is 384 g/mol. The Hall–Kier alpha value is -2.47. The fraction of sp³-hybridized carbons (Fsp3) is 0.167. The number of halogens is 1. The van der Waals surface area contributed by atoms with Crippen LogP contribution in [0.2, 0.25) is 0 Å². The summed E-state index contributed by atoms with van der Waals surface area (Å²) in [6.07, 6.45) is 1.67. The normalized spacial score (nSPS) is 10.5. The second-order valence-corrected chi connectivity index (χ2v) is 6.48. The van der Waals surface area contributed by atoms with Crippen LogP contribution in [0.4, 0.5) is 17.5 Å². The van der Waals surface area contributed by atoms with Crippen molar-refractivity contribution in [1.29, 1.82) is 0 Å². The molecule has 5 nitrogen and oxygen atoms in total. The van der Waals surface area contributed by atoms with Crippen molar-refractivity contribution < 1.29 is 0 Å². The monoisotopic (exact) mass is 383 g/mol. The number of hydrogen-bond acceptors (Lipinski definition) is 5. The van der Waals surface area contributed by atoms with Crippen LogP contribution < -0.4 is 10.2 Å². The predicted molar refractivity (Wildman–Crippen MR) is 101 cm³/mol. The molecule has 122 valence electrons. The lowest BCUT2D eigenvalue weighted by Crippen LogP contribution is -2.18. The van der Waals surface area contributed by atoms with Crippen molar-refractivity contribution in [2.24, 2.45) is 0 Å². The van der Waals surface area contributed by atoms with Crippen molar-refractivity contribution >= 4 is 33.4 Å². The molecule has 3 aromatic rings.